The van der Waals surface area contributed by atoms with Crippen LogP contribution in [0.4, 0.5) is 10.8 Å². The minimum Gasteiger partial charge on any atom is -0.348 e. The molecule has 1 aliphatic heterocycles. The van der Waals surface area contributed by atoms with Crippen molar-refractivity contribution in [3.05, 3.63) is 62.3 Å². The van der Waals surface area contributed by atoms with E-state index in [0.29, 0.717) is 20.5 Å². The fraction of sp³-hybridized carbons (Fsp3) is 0.364. The summed E-state index contributed by atoms with van der Waals surface area (Å²) in [7, 11) is 0. The van der Waals surface area contributed by atoms with Crippen LogP contribution >= 0.6 is 22.9 Å². The first-order chi connectivity index (χ1) is 15.4. The number of carbonyl (C=O) groups excluding carboxylic acids is 1. The lowest BCUT2D eigenvalue weighted by atomic mass is 10.1. The molecule has 3 heterocycles. The molecular weight excluding hydrogens is 450 g/mol. The average molecular weight is 474 g/mol. The lowest BCUT2D eigenvalue weighted by Crippen LogP contribution is -2.41. The molecular formula is C22H24ClN5O3S. The highest BCUT2D eigenvalue weighted by Crippen LogP contribution is 2.28. The molecule has 1 amide bonds. The highest BCUT2D eigenvalue weighted by Gasteiger charge is 2.22. The fourth-order valence-corrected chi connectivity index (χ4v) is 4.99. The molecule has 1 aromatic carbocycles. The number of rotatable bonds is 6. The first kappa shape index (κ1) is 22.3. The Kier molecular flexibility index (Phi) is 6.48. The summed E-state index contributed by atoms with van der Waals surface area (Å²) in [5.74, 6) is -0.412. The molecule has 32 heavy (non-hydrogen) atoms. The summed E-state index contributed by atoms with van der Waals surface area (Å²) in [6.07, 6.45) is 4.78. The van der Waals surface area contributed by atoms with Gasteiger partial charge in [-0.15, -0.1) is 6.58 Å². The van der Waals surface area contributed by atoms with Gasteiger partial charge in [-0.2, -0.15) is 0 Å². The number of aromatic nitrogens is 3. The van der Waals surface area contributed by atoms with E-state index in [4.69, 9.17) is 11.6 Å². The number of aryl methyl sites for hydroxylation is 1. The van der Waals surface area contributed by atoms with Crippen LogP contribution in [0.15, 0.2) is 40.4 Å². The molecule has 1 N–H and O–H groups in total. The molecule has 1 saturated heterocycles. The van der Waals surface area contributed by atoms with E-state index in [2.05, 4.69) is 21.8 Å². The Labute approximate surface area is 193 Å². The summed E-state index contributed by atoms with van der Waals surface area (Å²) in [5, 5.41) is 4.00. The second-order valence-electron chi connectivity index (χ2n) is 7.78. The topological polar surface area (TPSA) is 89.2 Å². The van der Waals surface area contributed by atoms with Gasteiger partial charge in [-0.05, 0) is 43.9 Å². The van der Waals surface area contributed by atoms with Crippen molar-refractivity contribution >= 4 is 50.0 Å². The Morgan fingerprint density at radius 2 is 2.00 bits per heavy atom. The van der Waals surface area contributed by atoms with Gasteiger partial charge in [0.2, 0.25) is 5.91 Å². The van der Waals surface area contributed by atoms with Crippen LogP contribution in [0.2, 0.25) is 5.02 Å². The Morgan fingerprint density at radius 3 is 2.69 bits per heavy atom. The summed E-state index contributed by atoms with van der Waals surface area (Å²) in [6, 6.07) is 5.20. The number of anilines is 2. The number of benzene rings is 1. The number of fused-ring (bicyclic) bond motifs is 1. The molecule has 0 aliphatic carbocycles. The first-order valence-corrected chi connectivity index (χ1v) is 11.6. The van der Waals surface area contributed by atoms with E-state index in [9.17, 15) is 14.4 Å². The minimum absolute atomic E-state index is 0.0553. The van der Waals surface area contributed by atoms with E-state index in [0.717, 1.165) is 36.1 Å². The standard InChI is InChI=1S/C22H24ClN5O3S/c1-3-9-27-20(30)18-19(25-21(32-18)26-10-5-4-6-11-26)28(22(27)31)13-17(29)24-15-8-7-14(2)16(23)12-15/h3,7-8,12H,1,4-6,9-11,13H2,2H3,(H,24,29). The third-order valence-corrected chi connectivity index (χ3v) is 6.95. The number of amides is 1. The molecule has 0 atom stereocenters. The van der Waals surface area contributed by atoms with Crippen LogP contribution in [0.1, 0.15) is 24.8 Å². The Bertz CT molecular complexity index is 1300. The zero-order chi connectivity index (χ0) is 22.8. The van der Waals surface area contributed by atoms with Crippen molar-refractivity contribution in [3.8, 4) is 0 Å². The quantitative estimate of drug-likeness (QED) is 0.554. The van der Waals surface area contributed by atoms with Crippen molar-refractivity contribution in [1.29, 1.82) is 0 Å². The smallest absolute Gasteiger partial charge is 0.333 e. The number of hydrogen-bond donors (Lipinski definition) is 1. The maximum atomic E-state index is 13.1. The third kappa shape index (κ3) is 4.35. The molecule has 2 aromatic heterocycles. The van der Waals surface area contributed by atoms with Gasteiger partial charge in [0.25, 0.3) is 5.56 Å². The van der Waals surface area contributed by atoms with Crippen molar-refractivity contribution < 1.29 is 4.79 Å². The number of nitrogens with zero attached hydrogens (tertiary/aromatic N) is 4. The highest BCUT2D eigenvalue weighted by molar-refractivity contribution is 7.22. The van der Waals surface area contributed by atoms with Crippen molar-refractivity contribution in [3.63, 3.8) is 0 Å². The molecule has 4 rings (SSSR count). The van der Waals surface area contributed by atoms with Gasteiger partial charge in [-0.1, -0.05) is 35.1 Å². The molecule has 8 nitrogen and oxygen atoms in total. The van der Waals surface area contributed by atoms with Crippen LogP contribution in [0.5, 0.6) is 0 Å². The van der Waals surface area contributed by atoms with Crippen molar-refractivity contribution in [2.75, 3.05) is 23.3 Å². The molecule has 1 fully saturated rings. The van der Waals surface area contributed by atoms with Gasteiger partial charge in [0.15, 0.2) is 10.8 Å². The van der Waals surface area contributed by atoms with Gasteiger partial charge in [0, 0.05) is 30.3 Å². The van der Waals surface area contributed by atoms with Gasteiger partial charge in [0.1, 0.15) is 11.2 Å². The molecule has 0 radical (unpaired) electrons. The molecule has 168 valence electrons. The highest BCUT2D eigenvalue weighted by atomic mass is 35.5. The van der Waals surface area contributed by atoms with Gasteiger partial charge in [-0.3, -0.25) is 18.7 Å². The van der Waals surface area contributed by atoms with Crippen molar-refractivity contribution in [2.24, 2.45) is 0 Å². The molecule has 3 aromatic rings. The SMILES string of the molecule is C=CCn1c(=O)c2sc(N3CCCCC3)nc2n(CC(=O)Nc2ccc(C)c(Cl)c2)c1=O. The third-order valence-electron chi connectivity index (χ3n) is 5.45. The number of nitrogens with one attached hydrogen (secondary N) is 1. The van der Waals surface area contributed by atoms with E-state index in [1.54, 1.807) is 18.2 Å². The van der Waals surface area contributed by atoms with E-state index >= 15 is 0 Å². The number of halogens is 1. The average Bonchev–Trinajstić information content (AvgIpc) is 3.23. The van der Waals surface area contributed by atoms with Gasteiger partial charge < -0.3 is 10.2 Å². The van der Waals surface area contributed by atoms with Gasteiger partial charge in [-0.25, -0.2) is 9.78 Å². The summed E-state index contributed by atoms with van der Waals surface area (Å²) in [4.78, 5) is 45.6. The number of allylic oxidation sites excluding steroid dienone is 1. The number of thiazole rings is 1. The monoisotopic (exact) mass is 473 g/mol. The molecule has 1 aliphatic rings. The van der Waals surface area contributed by atoms with Crippen LogP contribution in [0, 0.1) is 6.92 Å². The molecule has 0 spiro atoms. The number of carbonyl (C=O) groups is 1. The van der Waals surface area contributed by atoms with Gasteiger partial charge >= 0.3 is 5.69 Å². The van der Waals surface area contributed by atoms with Crippen LogP contribution < -0.4 is 21.5 Å². The fourth-order valence-electron chi connectivity index (χ4n) is 3.74. The molecule has 10 heteroatoms. The van der Waals surface area contributed by atoms with Crippen LogP contribution in [0.25, 0.3) is 10.3 Å². The van der Waals surface area contributed by atoms with Gasteiger partial charge in [0.05, 0.1) is 0 Å². The minimum atomic E-state index is -0.588. The zero-order valence-corrected chi connectivity index (χ0v) is 19.3. The normalized spacial score (nSPS) is 14.0. The second-order valence-corrected chi connectivity index (χ2v) is 9.17. The predicted octanol–water partition coefficient (Wildman–Crippen LogP) is 3.40. The first-order valence-electron chi connectivity index (χ1n) is 10.4. The Morgan fingerprint density at radius 1 is 1.25 bits per heavy atom. The molecule has 0 unspecified atom stereocenters. The summed E-state index contributed by atoms with van der Waals surface area (Å²) in [6.45, 7) is 7.01. The van der Waals surface area contributed by atoms with Crippen LogP contribution in [-0.4, -0.2) is 33.1 Å². The lowest BCUT2D eigenvalue weighted by molar-refractivity contribution is -0.116. The Hall–Kier alpha value is -2.91. The van der Waals surface area contributed by atoms with Crippen LogP contribution in [-0.2, 0) is 17.9 Å². The van der Waals surface area contributed by atoms with Crippen LogP contribution in [0.3, 0.4) is 0 Å². The summed E-state index contributed by atoms with van der Waals surface area (Å²) in [5.41, 5.74) is 0.666. The van der Waals surface area contributed by atoms with Crippen molar-refractivity contribution in [2.45, 2.75) is 39.3 Å². The predicted molar refractivity (Wildman–Crippen MR) is 129 cm³/mol. The van der Waals surface area contributed by atoms with E-state index in [1.165, 1.54) is 28.4 Å². The molecule has 0 bridgehead atoms. The Balaban J connectivity index is 1.74. The number of hydrogen-bond acceptors (Lipinski definition) is 6. The maximum Gasteiger partial charge on any atom is 0.333 e. The van der Waals surface area contributed by atoms with E-state index in [-0.39, 0.29) is 18.7 Å². The van der Waals surface area contributed by atoms with E-state index < -0.39 is 17.2 Å². The second kappa shape index (κ2) is 9.30. The van der Waals surface area contributed by atoms with E-state index in [1.807, 2.05) is 6.92 Å². The zero-order valence-electron chi connectivity index (χ0n) is 17.8. The summed E-state index contributed by atoms with van der Waals surface area (Å²) < 4.78 is 2.71. The summed E-state index contributed by atoms with van der Waals surface area (Å²) >= 11 is 7.41. The lowest BCUT2D eigenvalue weighted by Gasteiger charge is -2.25. The molecule has 0 saturated carbocycles. The van der Waals surface area contributed by atoms with Crippen molar-refractivity contribution in [1.82, 2.24) is 14.1 Å². The maximum absolute atomic E-state index is 13.1. The number of piperidine rings is 1. The largest absolute Gasteiger partial charge is 0.348 e.